The van der Waals surface area contributed by atoms with Gasteiger partial charge in [0.25, 0.3) is 0 Å². The van der Waals surface area contributed by atoms with Gasteiger partial charge in [-0.25, -0.2) is 0 Å². The lowest BCUT2D eigenvalue weighted by Gasteiger charge is -2.03. The number of nitrogens with zero attached hydrogens (tertiary/aromatic N) is 1. The number of hydrogen-bond acceptors (Lipinski definition) is 1. The highest BCUT2D eigenvalue weighted by molar-refractivity contribution is 9.10. The van der Waals surface area contributed by atoms with Crippen molar-refractivity contribution in [1.29, 1.82) is 5.26 Å². The molecule has 0 aliphatic rings. The van der Waals surface area contributed by atoms with E-state index >= 15 is 0 Å². The molecule has 0 aliphatic carbocycles. The second-order valence-electron chi connectivity index (χ2n) is 2.16. The largest absolute Gasteiger partial charge is 0.196 e. The summed E-state index contributed by atoms with van der Waals surface area (Å²) in [5, 5.41) is 8.38. The Morgan fingerprint density at radius 2 is 2.17 bits per heavy atom. The summed E-state index contributed by atoms with van der Waals surface area (Å²) in [5.74, 6) is 0. The first-order chi connectivity index (χ1) is 5.65. The molecule has 0 fully saturated rings. The molecule has 1 atom stereocenters. The van der Waals surface area contributed by atoms with Gasteiger partial charge in [0.15, 0.2) is 0 Å². The minimum absolute atomic E-state index is 0.514. The summed E-state index contributed by atoms with van der Waals surface area (Å²) in [6.07, 6.45) is 0. The summed E-state index contributed by atoms with van der Waals surface area (Å²) in [6.45, 7) is 0. The van der Waals surface area contributed by atoms with Crippen molar-refractivity contribution in [3.8, 4) is 6.07 Å². The van der Waals surface area contributed by atoms with Crippen LogP contribution in [0.3, 0.4) is 0 Å². The fraction of sp³-hybridized carbons (Fsp3) is 0.125. The van der Waals surface area contributed by atoms with Gasteiger partial charge < -0.3 is 0 Å². The van der Waals surface area contributed by atoms with E-state index in [1.54, 1.807) is 18.2 Å². The Morgan fingerprint density at radius 1 is 1.50 bits per heavy atom. The van der Waals surface area contributed by atoms with Crippen molar-refractivity contribution in [1.82, 2.24) is 0 Å². The van der Waals surface area contributed by atoms with E-state index in [9.17, 15) is 0 Å². The molecule has 1 unspecified atom stereocenters. The molecule has 1 aromatic rings. The highest BCUT2D eigenvalue weighted by Gasteiger charge is 2.10. The zero-order valence-electron chi connectivity index (χ0n) is 5.89. The third-order valence-electron chi connectivity index (χ3n) is 1.34. The minimum Gasteiger partial charge on any atom is -0.196 e. The zero-order chi connectivity index (χ0) is 9.14. The molecule has 0 spiro atoms. The van der Waals surface area contributed by atoms with Gasteiger partial charge in [-0.3, -0.25) is 0 Å². The number of nitriles is 1. The molecule has 0 saturated heterocycles. The van der Waals surface area contributed by atoms with E-state index in [1.165, 1.54) is 0 Å². The molecule has 4 heteroatoms. The first-order valence-electron chi connectivity index (χ1n) is 3.14. The van der Waals surface area contributed by atoms with Crippen molar-refractivity contribution in [3.63, 3.8) is 0 Å². The standard InChI is InChI=1S/C8H4BrCl2N/c9-5-1-2-7(10)6(3-5)8(11)4-12/h1-3,8H. The molecule has 0 radical (unpaired) electrons. The van der Waals surface area contributed by atoms with E-state index in [1.807, 2.05) is 6.07 Å². The van der Waals surface area contributed by atoms with Crippen LogP contribution in [0.5, 0.6) is 0 Å². The van der Waals surface area contributed by atoms with Crippen LogP contribution in [0.1, 0.15) is 10.9 Å². The Balaban J connectivity index is 3.15. The van der Waals surface area contributed by atoms with Crippen LogP contribution in [0.25, 0.3) is 0 Å². The number of halogens is 3. The van der Waals surface area contributed by atoms with E-state index in [0.29, 0.717) is 10.6 Å². The van der Waals surface area contributed by atoms with Crippen LogP contribution >= 0.6 is 39.1 Å². The van der Waals surface area contributed by atoms with Crippen LogP contribution in [0.4, 0.5) is 0 Å². The van der Waals surface area contributed by atoms with Gasteiger partial charge in [-0.2, -0.15) is 5.26 Å². The molecule has 0 bridgehead atoms. The molecule has 0 amide bonds. The molecule has 1 nitrogen and oxygen atoms in total. The van der Waals surface area contributed by atoms with E-state index in [4.69, 9.17) is 28.5 Å². The van der Waals surface area contributed by atoms with Crippen molar-refractivity contribution >= 4 is 39.1 Å². The average Bonchev–Trinajstić information content (AvgIpc) is 2.08. The predicted molar refractivity (Wildman–Crippen MR) is 53.4 cm³/mol. The van der Waals surface area contributed by atoms with Gasteiger partial charge in [0.1, 0.15) is 5.38 Å². The van der Waals surface area contributed by atoms with Crippen molar-refractivity contribution in [2.45, 2.75) is 5.38 Å². The van der Waals surface area contributed by atoms with Crippen LogP contribution < -0.4 is 0 Å². The molecule has 12 heavy (non-hydrogen) atoms. The van der Waals surface area contributed by atoms with Gasteiger partial charge in [0, 0.05) is 15.1 Å². The molecule has 0 heterocycles. The van der Waals surface area contributed by atoms with Crippen LogP contribution in [-0.4, -0.2) is 0 Å². The first kappa shape index (κ1) is 9.85. The molecular weight excluding hydrogens is 261 g/mol. The highest BCUT2D eigenvalue weighted by atomic mass is 79.9. The van der Waals surface area contributed by atoms with Gasteiger partial charge in [-0.05, 0) is 18.2 Å². The van der Waals surface area contributed by atoms with Crippen LogP contribution in [0, 0.1) is 11.3 Å². The maximum absolute atomic E-state index is 8.55. The Hall–Kier alpha value is -0.230. The zero-order valence-corrected chi connectivity index (χ0v) is 8.99. The van der Waals surface area contributed by atoms with E-state index in [2.05, 4.69) is 15.9 Å². The second-order valence-corrected chi connectivity index (χ2v) is 3.92. The van der Waals surface area contributed by atoms with Gasteiger partial charge in [-0.1, -0.05) is 27.5 Å². The Kier molecular flexibility index (Phi) is 3.39. The topological polar surface area (TPSA) is 23.8 Å². The minimum atomic E-state index is -0.685. The van der Waals surface area contributed by atoms with E-state index < -0.39 is 5.38 Å². The molecular formula is C8H4BrCl2N. The monoisotopic (exact) mass is 263 g/mol. The highest BCUT2D eigenvalue weighted by Crippen LogP contribution is 2.29. The second kappa shape index (κ2) is 4.13. The third kappa shape index (κ3) is 2.13. The smallest absolute Gasteiger partial charge is 0.147 e. The Bertz CT molecular complexity index is 332. The summed E-state index contributed by atoms with van der Waals surface area (Å²) in [4.78, 5) is 0. The molecule has 0 N–H and O–H groups in total. The van der Waals surface area contributed by atoms with Crippen LogP contribution in [-0.2, 0) is 0 Å². The van der Waals surface area contributed by atoms with Crippen molar-refractivity contribution in [2.75, 3.05) is 0 Å². The number of alkyl halides is 1. The number of rotatable bonds is 1. The Morgan fingerprint density at radius 3 is 2.75 bits per heavy atom. The lowest BCUT2D eigenvalue weighted by atomic mass is 10.2. The third-order valence-corrected chi connectivity index (χ3v) is 2.51. The van der Waals surface area contributed by atoms with E-state index in [0.717, 1.165) is 4.47 Å². The maximum Gasteiger partial charge on any atom is 0.147 e. The summed E-state index contributed by atoms with van der Waals surface area (Å²) in [6, 6.07) is 7.15. The molecule has 1 aromatic carbocycles. The summed E-state index contributed by atoms with van der Waals surface area (Å²) >= 11 is 14.8. The normalized spacial score (nSPS) is 12.2. The molecule has 0 aromatic heterocycles. The van der Waals surface area contributed by atoms with Gasteiger partial charge in [0.05, 0.1) is 6.07 Å². The summed E-state index contributed by atoms with van der Waals surface area (Å²) in [5.41, 5.74) is 0.634. The number of benzene rings is 1. The molecule has 1 rings (SSSR count). The fourth-order valence-corrected chi connectivity index (χ4v) is 1.62. The van der Waals surface area contributed by atoms with Crippen LogP contribution in [0.2, 0.25) is 5.02 Å². The van der Waals surface area contributed by atoms with Crippen molar-refractivity contribution < 1.29 is 0 Å². The van der Waals surface area contributed by atoms with Gasteiger partial charge in [0.2, 0.25) is 0 Å². The first-order valence-corrected chi connectivity index (χ1v) is 4.74. The summed E-state index contributed by atoms with van der Waals surface area (Å²) in [7, 11) is 0. The molecule has 0 aliphatic heterocycles. The quantitative estimate of drug-likeness (QED) is 0.706. The molecule has 62 valence electrons. The lowest BCUT2D eigenvalue weighted by Crippen LogP contribution is -1.87. The predicted octanol–water partition coefficient (Wildman–Crippen LogP) is 3.91. The van der Waals surface area contributed by atoms with Gasteiger partial charge in [-0.15, -0.1) is 11.6 Å². The Labute approximate surface area is 89.0 Å². The van der Waals surface area contributed by atoms with Crippen molar-refractivity contribution in [2.24, 2.45) is 0 Å². The molecule has 0 saturated carbocycles. The summed E-state index contributed by atoms with van der Waals surface area (Å²) < 4.78 is 0.864. The lowest BCUT2D eigenvalue weighted by molar-refractivity contribution is 1.21. The van der Waals surface area contributed by atoms with Crippen LogP contribution in [0.15, 0.2) is 22.7 Å². The number of hydrogen-bond donors (Lipinski definition) is 0. The fourth-order valence-electron chi connectivity index (χ4n) is 0.778. The SMILES string of the molecule is N#CC(Cl)c1cc(Br)ccc1Cl. The maximum atomic E-state index is 8.55. The average molecular weight is 265 g/mol. The van der Waals surface area contributed by atoms with Gasteiger partial charge >= 0.3 is 0 Å². The van der Waals surface area contributed by atoms with Crippen molar-refractivity contribution in [3.05, 3.63) is 33.3 Å². The van der Waals surface area contributed by atoms with E-state index in [-0.39, 0.29) is 0 Å².